The lowest BCUT2D eigenvalue weighted by molar-refractivity contribution is -0.00287. The SMILES string of the molecule is BCCC1=C(O)C(C)=C(CC2CN(C(C)F)C2)CC1. The summed E-state index contributed by atoms with van der Waals surface area (Å²) < 4.78 is 13.0. The van der Waals surface area contributed by atoms with Crippen molar-refractivity contribution in [3.63, 3.8) is 0 Å². The Morgan fingerprint density at radius 2 is 2.00 bits per heavy atom. The van der Waals surface area contributed by atoms with Crippen molar-refractivity contribution < 1.29 is 9.50 Å². The molecule has 0 amide bonds. The smallest absolute Gasteiger partial charge is 0.150 e. The molecule has 2 rings (SSSR count). The Bertz CT molecular complexity index is 397. The van der Waals surface area contributed by atoms with Crippen LogP contribution in [-0.2, 0) is 0 Å². The van der Waals surface area contributed by atoms with Crippen LogP contribution in [0.25, 0.3) is 0 Å². The number of aliphatic hydroxyl groups excluding tert-OH is 1. The summed E-state index contributed by atoms with van der Waals surface area (Å²) in [4.78, 5) is 1.86. The molecule has 1 N–H and O–H groups in total. The lowest BCUT2D eigenvalue weighted by atomic mass is 9.81. The summed E-state index contributed by atoms with van der Waals surface area (Å²) in [6.45, 7) is 5.36. The van der Waals surface area contributed by atoms with Gasteiger partial charge in [0.25, 0.3) is 0 Å². The first-order valence-corrected chi connectivity index (χ1v) is 7.51. The van der Waals surface area contributed by atoms with E-state index in [1.165, 1.54) is 11.1 Å². The van der Waals surface area contributed by atoms with Gasteiger partial charge in [0.05, 0.1) is 0 Å². The van der Waals surface area contributed by atoms with Crippen molar-refractivity contribution in [3.8, 4) is 0 Å². The highest BCUT2D eigenvalue weighted by Gasteiger charge is 2.31. The van der Waals surface area contributed by atoms with Crippen LogP contribution in [0.2, 0.25) is 6.32 Å². The first-order chi connectivity index (χ1) is 9.02. The van der Waals surface area contributed by atoms with E-state index in [4.69, 9.17) is 0 Å². The van der Waals surface area contributed by atoms with Gasteiger partial charge in [-0.3, -0.25) is 4.90 Å². The number of rotatable bonds is 5. The van der Waals surface area contributed by atoms with Crippen molar-refractivity contribution in [3.05, 3.63) is 22.5 Å². The summed E-state index contributed by atoms with van der Waals surface area (Å²) in [5, 5.41) is 10.2. The summed E-state index contributed by atoms with van der Waals surface area (Å²) >= 11 is 0. The lowest BCUT2D eigenvalue weighted by Gasteiger charge is -2.41. The molecule has 0 spiro atoms. The van der Waals surface area contributed by atoms with Crippen LogP contribution in [0.15, 0.2) is 22.5 Å². The number of allylic oxidation sites excluding steroid dienone is 3. The second-order valence-corrected chi connectivity index (χ2v) is 6.03. The fourth-order valence-corrected chi connectivity index (χ4v) is 3.22. The average molecular weight is 265 g/mol. The fraction of sp³-hybridized carbons (Fsp3) is 0.733. The first-order valence-electron chi connectivity index (χ1n) is 7.51. The molecule has 0 bridgehead atoms. The number of alkyl halides is 1. The molecule has 1 unspecified atom stereocenters. The summed E-state index contributed by atoms with van der Waals surface area (Å²) in [7, 11) is 2.15. The van der Waals surface area contributed by atoms with E-state index < -0.39 is 6.30 Å². The van der Waals surface area contributed by atoms with E-state index in [-0.39, 0.29) is 0 Å². The van der Waals surface area contributed by atoms with Gasteiger partial charge in [0, 0.05) is 13.1 Å². The summed E-state index contributed by atoms with van der Waals surface area (Å²) in [6, 6.07) is 0. The van der Waals surface area contributed by atoms with Crippen molar-refractivity contribution in [1.29, 1.82) is 0 Å². The predicted molar refractivity (Wildman–Crippen MR) is 79.8 cm³/mol. The van der Waals surface area contributed by atoms with Gasteiger partial charge >= 0.3 is 0 Å². The van der Waals surface area contributed by atoms with E-state index >= 15 is 0 Å². The molecular weight excluding hydrogens is 240 g/mol. The van der Waals surface area contributed by atoms with E-state index in [9.17, 15) is 9.50 Å². The van der Waals surface area contributed by atoms with E-state index in [1.807, 2.05) is 11.8 Å². The van der Waals surface area contributed by atoms with Crippen LogP contribution in [0.3, 0.4) is 0 Å². The van der Waals surface area contributed by atoms with Gasteiger partial charge in [0.2, 0.25) is 0 Å². The van der Waals surface area contributed by atoms with Crippen molar-refractivity contribution in [2.75, 3.05) is 13.1 Å². The average Bonchev–Trinajstić information content (AvgIpc) is 2.31. The molecule has 1 heterocycles. The molecule has 0 aromatic heterocycles. The summed E-state index contributed by atoms with van der Waals surface area (Å²) in [5.41, 5.74) is 3.69. The molecule has 106 valence electrons. The number of halogens is 1. The lowest BCUT2D eigenvalue weighted by Crippen LogP contribution is -2.49. The Labute approximate surface area is 116 Å². The molecule has 0 aromatic rings. The second kappa shape index (κ2) is 6.12. The molecule has 2 aliphatic rings. The normalized spacial score (nSPS) is 23.7. The third kappa shape index (κ3) is 3.22. The Hall–Kier alpha value is -0.765. The highest BCUT2D eigenvalue weighted by Crippen LogP contribution is 2.36. The van der Waals surface area contributed by atoms with Crippen molar-refractivity contribution >= 4 is 7.85 Å². The predicted octanol–water partition coefficient (Wildman–Crippen LogP) is 2.99. The summed E-state index contributed by atoms with van der Waals surface area (Å²) in [6.07, 6.45) is 4.39. The summed E-state index contributed by atoms with van der Waals surface area (Å²) in [5.74, 6) is 1.11. The van der Waals surface area contributed by atoms with E-state index in [2.05, 4.69) is 7.85 Å². The van der Waals surface area contributed by atoms with Gasteiger partial charge in [-0.1, -0.05) is 11.9 Å². The molecule has 1 fully saturated rings. The Kier molecular flexibility index (Phi) is 4.72. The molecule has 19 heavy (non-hydrogen) atoms. The van der Waals surface area contributed by atoms with E-state index in [0.29, 0.717) is 11.7 Å². The number of hydrogen-bond acceptors (Lipinski definition) is 2. The maximum Gasteiger partial charge on any atom is 0.150 e. The minimum Gasteiger partial charge on any atom is -0.508 e. The maximum absolute atomic E-state index is 13.0. The molecule has 2 nitrogen and oxygen atoms in total. The van der Waals surface area contributed by atoms with Gasteiger partial charge in [0.1, 0.15) is 13.6 Å². The zero-order valence-corrected chi connectivity index (χ0v) is 12.4. The van der Waals surface area contributed by atoms with Gasteiger partial charge in [-0.15, -0.1) is 0 Å². The van der Waals surface area contributed by atoms with Crippen LogP contribution in [0, 0.1) is 5.92 Å². The third-order valence-electron chi connectivity index (χ3n) is 4.52. The van der Waals surface area contributed by atoms with Crippen LogP contribution in [0.4, 0.5) is 4.39 Å². The highest BCUT2D eigenvalue weighted by molar-refractivity contribution is 6.08. The molecule has 1 aliphatic carbocycles. The molecule has 1 saturated heterocycles. The molecule has 1 aliphatic heterocycles. The van der Waals surface area contributed by atoms with Gasteiger partial charge in [-0.25, -0.2) is 4.39 Å². The molecule has 1 atom stereocenters. The number of aliphatic hydroxyl groups is 1. The van der Waals surface area contributed by atoms with Crippen LogP contribution in [-0.4, -0.2) is 37.2 Å². The Balaban J connectivity index is 1.95. The zero-order chi connectivity index (χ0) is 14.0. The van der Waals surface area contributed by atoms with Crippen molar-refractivity contribution in [2.45, 2.75) is 52.1 Å². The first kappa shape index (κ1) is 14.6. The number of hydrogen-bond donors (Lipinski definition) is 1. The van der Waals surface area contributed by atoms with Crippen molar-refractivity contribution in [1.82, 2.24) is 4.90 Å². The van der Waals surface area contributed by atoms with E-state index in [1.54, 1.807) is 6.92 Å². The van der Waals surface area contributed by atoms with Crippen LogP contribution in [0.1, 0.15) is 39.5 Å². The molecule has 0 radical (unpaired) electrons. The number of nitrogens with zero attached hydrogens (tertiary/aromatic N) is 1. The molecular formula is C15H25BFNO. The monoisotopic (exact) mass is 265 g/mol. The van der Waals surface area contributed by atoms with Crippen LogP contribution in [0.5, 0.6) is 0 Å². The third-order valence-corrected chi connectivity index (χ3v) is 4.52. The van der Waals surface area contributed by atoms with Gasteiger partial charge in [-0.2, -0.15) is 0 Å². The Morgan fingerprint density at radius 3 is 2.58 bits per heavy atom. The zero-order valence-electron chi connectivity index (χ0n) is 12.4. The maximum atomic E-state index is 13.0. The van der Waals surface area contributed by atoms with Gasteiger partial charge in [-0.05, 0) is 56.6 Å². The van der Waals surface area contributed by atoms with Crippen LogP contribution >= 0.6 is 0 Å². The quantitative estimate of drug-likeness (QED) is 0.610. The Morgan fingerprint density at radius 1 is 1.37 bits per heavy atom. The van der Waals surface area contributed by atoms with Gasteiger partial charge < -0.3 is 5.11 Å². The fourth-order valence-electron chi connectivity index (χ4n) is 3.22. The van der Waals surface area contributed by atoms with Crippen molar-refractivity contribution in [2.24, 2.45) is 5.92 Å². The molecule has 0 aromatic carbocycles. The largest absolute Gasteiger partial charge is 0.508 e. The second-order valence-electron chi connectivity index (χ2n) is 6.03. The minimum atomic E-state index is -0.817. The highest BCUT2D eigenvalue weighted by atomic mass is 19.1. The molecule has 0 saturated carbocycles. The minimum absolute atomic E-state index is 0.540. The molecule has 4 heteroatoms. The topological polar surface area (TPSA) is 23.5 Å². The van der Waals surface area contributed by atoms with E-state index in [0.717, 1.165) is 50.7 Å². The standard InChI is InChI=1S/C15H25BFNO/c1-10-14(4-3-13(5-6-16)15(10)19)7-12-8-18(9-12)11(2)17/h11-12,19H,3-9,16H2,1-2H3. The van der Waals surface area contributed by atoms with Crippen LogP contribution < -0.4 is 0 Å². The number of likely N-dealkylation sites (tertiary alicyclic amines) is 1. The van der Waals surface area contributed by atoms with Gasteiger partial charge in [0.15, 0.2) is 6.30 Å².